The van der Waals surface area contributed by atoms with Crippen LogP contribution in [0, 0.1) is 11.3 Å². The lowest BCUT2D eigenvalue weighted by Crippen LogP contribution is -2.34. The predicted octanol–water partition coefficient (Wildman–Crippen LogP) is 3.19. The molecule has 0 aliphatic rings. The first-order valence-electron chi connectivity index (χ1n) is 6.49. The van der Waals surface area contributed by atoms with Crippen LogP contribution in [-0.2, 0) is 0 Å². The van der Waals surface area contributed by atoms with Crippen molar-refractivity contribution in [1.29, 1.82) is 5.26 Å². The maximum atomic E-state index is 9.89. The standard InChI is InChI=1S/C15H22N2OS/c1-5-13(10-19-4)17(3)15-8-12(9-16)6-7-14(15)11(2)18/h6-8,11,13,18H,5,10H2,1-4H3/t11-,13?/m0/s1. The van der Waals surface area contributed by atoms with Crippen LogP contribution in [0.2, 0.25) is 0 Å². The third kappa shape index (κ3) is 3.89. The molecule has 0 saturated heterocycles. The van der Waals surface area contributed by atoms with Gasteiger partial charge in [-0.05, 0) is 31.7 Å². The average molecular weight is 278 g/mol. The van der Waals surface area contributed by atoms with E-state index in [0.29, 0.717) is 11.6 Å². The number of nitrogens with zero attached hydrogens (tertiary/aromatic N) is 2. The van der Waals surface area contributed by atoms with Crippen LogP contribution in [0.4, 0.5) is 5.69 Å². The van der Waals surface area contributed by atoms with E-state index in [0.717, 1.165) is 23.4 Å². The van der Waals surface area contributed by atoms with Gasteiger partial charge in [0.25, 0.3) is 0 Å². The van der Waals surface area contributed by atoms with Crippen molar-refractivity contribution in [1.82, 2.24) is 0 Å². The largest absolute Gasteiger partial charge is 0.389 e. The number of rotatable bonds is 6. The molecule has 1 rings (SSSR count). The van der Waals surface area contributed by atoms with Gasteiger partial charge in [-0.2, -0.15) is 17.0 Å². The zero-order valence-corrected chi connectivity index (χ0v) is 12.9. The molecule has 4 heteroatoms. The molecular formula is C15H22N2OS. The van der Waals surface area contributed by atoms with Gasteiger partial charge in [-0.25, -0.2) is 0 Å². The molecule has 0 aliphatic heterocycles. The molecule has 0 aliphatic carbocycles. The molecule has 0 spiro atoms. The van der Waals surface area contributed by atoms with E-state index in [2.05, 4.69) is 24.1 Å². The summed E-state index contributed by atoms with van der Waals surface area (Å²) in [6.45, 7) is 3.92. The van der Waals surface area contributed by atoms with Crippen LogP contribution in [0.1, 0.15) is 37.5 Å². The SMILES string of the molecule is CCC(CSC)N(C)c1cc(C#N)ccc1[C@H](C)O. The third-order valence-corrected chi connectivity index (χ3v) is 4.09. The first-order valence-corrected chi connectivity index (χ1v) is 7.88. The van der Waals surface area contributed by atoms with E-state index in [1.54, 1.807) is 13.0 Å². The third-order valence-electron chi connectivity index (χ3n) is 3.37. The summed E-state index contributed by atoms with van der Waals surface area (Å²) in [4.78, 5) is 2.18. The van der Waals surface area contributed by atoms with Gasteiger partial charge >= 0.3 is 0 Å². The van der Waals surface area contributed by atoms with Gasteiger partial charge in [-0.15, -0.1) is 0 Å². The maximum absolute atomic E-state index is 9.89. The van der Waals surface area contributed by atoms with Crippen LogP contribution < -0.4 is 4.90 Å². The Hall–Kier alpha value is -1.18. The van der Waals surface area contributed by atoms with E-state index in [4.69, 9.17) is 5.26 Å². The minimum absolute atomic E-state index is 0.404. The normalized spacial score (nSPS) is 13.7. The number of hydrogen-bond donors (Lipinski definition) is 1. The van der Waals surface area contributed by atoms with Gasteiger partial charge in [-0.3, -0.25) is 0 Å². The van der Waals surface area contributed by atoms with E-state index in [9.17, 15) is 5.11 Å². The van der Waals surface area contributed by atoms with Crippen molar-refractivity contribution in [2.75, 3.05) is 24.0 Å². The minimum Gasteiger partial charge on any atom is -0.389 e. The lowest BCUT2D eigenvalue weighted by atomic mass is 10.0. The van der Waals surface area contributed by atoms with Gasteiger partial charge < -0.3 is 10.0 Å². The van der Waals surface area contributed by atoms with Gasteiger partial charge in [0.2, 0.25) is 0 Å². The maximum Gasteiger partial charge on any atom is 0.0992 e. The second-order valence-corrected chi connectivity index (χ2v) is 5.60. The zero-order chi connectivity index (χ0) is 14.4. The monoisotopic (exact) mass is 278 g/mol. The Labute approximate surface area is 120 Å². The Bertz CT molecular complexity index is 454. The van der Waals surface area contributed by atoms with Gasteiger partial charge in [-0.1, -0.05) is 13.0 Å². The number of aliphatic hydroxyl groups is 1. The molecule has 0 bridgehead atoms. The molecule has 3 nitrogen and oxygen atoms in total. The van der Waals surface area contributed by atoms with Crippen molar-refractivity contribution in [3.05, 3.63) is 29.3 Å². The van der Waals surface area contributed by atoms with E-state index < -0.39 is 6.10 Å². The smallest absolute Gasteiger partial charge is 0.0992 e. The molecular weight excluding hydrogens is 256 g/mol. The molecule has 0 fully saturated rings. The van der Waals surface area contributed by atoms with Gasteiger partial charge in [0.15, 0.2) is 0 Å². The Kier molecular flexibility index (Phi) is 6.20. The van der Waals surface area contributed by atoms with Crippen LogP contribution in [0.25, 0.3) is 0 Å². The molecule has 1 unspecified atom stereocenters. The van der Waals surface area contributed by atoms with E-state index in [-0.39, 0.29) is 0 Å². The fraction of sp³-hybridized carbons (Fsp3) is 0.533. The number of anilines is 1. The van der Waals surface area contributed by atoms with Gasteiger partial charge in [0.1, 0.15) is 0 Å². The lowest BCUT2D eigenvalue weighted by molar-refractivity contribution is 0.199. The average Bonchev–Trinajstić information content (AvgIpc) is 2.43. The summed E-state index contributed by atoms with van der Waals surface area (Å²) < 4.78 is 0. The summed E-state index contributed by atoms with van der Waals surface area (Å²) in [6.07, 6.45) is 2.60. The quantitative estimate of drug-likeness (QED) is 0.868. The molecule has 1 aromatic carbocycles. The van der Waals surface area contributed by atoms with Gasteiger partial charge in [0, 0.05) is 30.1 Å². The summed E-state index contributed by atoms with van der Waals surface area (Å²) in [7, 11) is 2.03. The van der Waals surface area contributed by atoms with E-state index in [1.165, 1.54) is 0 Å². The highest BCUT2D eigenvalue weighted by Crippen LogP contribution is 2.29. The van der Waals surface area contributed by atoms with Crippen molar-refractivity contribution in [2.45, 2.75) is 32.4 Å². The Morgan fingerprint density at radius 2 is 2.16 bits per heavy atom. The molecule has 104 valence electrons. The summed E-state index contributed by atoms with van der Waals surface area (Å²) in [5, 5.41) is 18.9. The number of benzene rings is 1. The first kappa shape index (κ1) is 15.9. The minimum atomic E-state index is -0.531. The molecule has 0 saturated carbocycles. The molecule has 0 heterocycles. The first-order chi connectivity index (χ1) is 9.04. The molecule has 1 aromatic rings. The number of hydrogen-bond acceptors (Lipinski definition) is 4. The topological polar surface area (TPSA) is 47.3 Å². The number of aliphatic hydroxyl groups excluding tert-OH is 1. The second-order valence-electron chi connectivity index (χ2n) is 4.69. The summed E-state index contributed by atoms with van der Waals surface area (Å²) in [5.41, 5.74) is 2.46. The second kappa shape index (κ2) is 7.42. The molecule has 1 N–H and O–H groups in total. The zero-order valence-electron chi connectivity index (χ0n) is 12.1. The van der Waals surface area contributed by atoms with Gasteiger partial charge in [0.05, 0.1) is 17.7 Å². The summed E-state index contributed by atoms with van der Waals surface area (Å²) in [5.74, 6) is 1.03. The molecule has 19 heavy (non-hydrogen) atoms. The van der Waals surface area contributed by atoms with Crippen LogP contribution in [-0.4, -0.2) is 30.2 Å². The van der Waals surface area contributed by atoms with Crippen molar-refractivity contribution in [3.8, 4) is 6.07 Å². The van der Waals surface area contributed by atoms with Crippen LogP contribution in [0.5, 0.6) is 0 Å². The summed E-state index contributed by atoms with van der Waals surface area (Å²) in [6, 6.07) is 8.04. The molecule has 0 amide bonds. The Morgan fingerprint density at radius 3 is 2.63 bits per heavy atom. The highest BCUT2D eigenvalue weighted by Gasteiger charge is 2.18. The highest BCUT2D eigenvalue weighted by molar-refractivity contribution is 7.98. The fourth-order valence-corrected chi connectivity index (χ4v) is 3.01. The fourth-order valence-electron chi connectivity index (χ4n) is 2.16. The predicted molar refractivity (Wildman–Crippen MR) is 82.7 cm³/mol. The van der Waals surface area contributed by atoms with Crippen molar-refractivity contribution < 1.29 is 5.11 Å². The highest BCUT2D eigenvalue weighted by atomic mass is 32.2. The summed E-state index contributed by atoms with van der Waals surface area (Å²) >= 11 is 1.81. The molecule has 2 atom stereocenters. The van der Waals surface area contributed by atoms with Crippen molar-refractivity contribution >= 4 is 17.4 Å². The van der Waals surface area contributed by atoms with Crippen LogP contribution in [0.3, 0.4) is 0 Å². The number of nitriles is 1. The lowest BCUT2D eigenvalue weighted by Gasteiger charge is -2.31. The van der Waals surface area contributed by atoms with Crippen LogP contribution >= 0.6 is 11.8 Å². The molecule has 0 radical (unpaired) electrons. The van der Waals surface area contributed by atoms with Crippen LogP contribution in [0.15, 0.2) is 18.2 Å². The Morgan fingerprint density at radius 1 is 1.47 bits per heavy atom. The Balaban J connectivity index is 3.18. The number of thioether (sulfide) groups is 1. The van der Waals surface area contributed by atoms with Crippen molar-refractivity contribution in [2.24, 2.45) is 0 Å². The van der Waals surface area contributed by atoms with E-state index >= 15 is 0 Å². The van der Waals surface area contributed by atoms with Crippen molar-refractivity contribution in [3.63, 3.8) is 0 Å². The molecule has 0 aromatic heterocycles. The van der Waals surface area contributed by atoms with E-state index in [1.807, 2.05) is 30.9 Å².